The first-order valence-electron chi connectivity index (χ1n) is 3.86. The fraction of sp³-hybridized carbons (Fsp3) is 1.00. The lowest BCUT2D eigenvalue weighted by atomic mass is 10.3. The number of hydrogen-bond donors (Lipinski definition) is 2. The zero-order chi connectivity index (χ0) is 8.48. The zero-order valence-corrected chi connectivity index (χ0v) is 7.37. The summed E-state index contributed by atoms with van der Waals surface area (Å²) in [5, 5.41) is 12.6. The molecule has 66 valence electrons. The summed E-state index contributed by atoms with van der Waals surface area (Å²) in [4.78, 5) is 0. The molecule has 4 heteroatoms. The number of ether oxygens (including phenoxy) is 1. The normalized spacial score (nSPS) is 33.8. The number of likely N-dealkylation sites (N-methyl/N-ethyl adjacent to an activating group) is 1. The summed E-state index contributed by atoms with van der Waals surface area (Å²) in [5.74, 6) is 0. The highest BCUT2D eigenvalue weighted by molar-refractivity contribution is 4.63. The van der Waals surface area contributed by atoms with Crippen LogP contribution in [0.3, 0.4) is 0 Å². The van der Waals surface area contributed by atoms with Crippen LogP contribution in [0.2, 0.25) is 0 Å². The second kappa shape index (κ2) is 3.06. The number of aliphatic hydroxyl groups is 1. The van der Waals surface area contributed by atoms with Crippen molar-refractivity contribution in [2.24, 2.45) is 0 Å². The van der Waals surface area contributed by atoms with E-state index in [2.05, 4.69) is 5.32 Å². The lowest BCUT2D eigenvalue weighted by Crippen LogP contribution is -2.63. The van der Waals surface area contributed by atoms with E-state index in [0.29, 0.717) is 11.1 Å². The molecule has 2 N–H and O–H groups in total. The largest absolute Gasteiger partial charge is 0.362 e. The summed E-state index contributed by atoms with van der Waals surface area (Å²) in [7, 11) is 6.07. The van der Waals surface area contributed by atoms with E-state index in [4.69, 9.17) is 4.74 Å². The highest BCUT2D eigenvalue weighted by Crippen LogP contribution is 2.09. The van der Waals surface area contributed by atoms with Crippen molar-refractivity contribution in [2.75, 3.05) is 34.3 Å². The van der Waals surface area contributed by atoms with E-state index in [1.807, 2.05) is 21.1 Å². The van der Waals surface area contributed by atoms with Gasteiger partial charge < -0.3 is 14.3 Å². The number of rotatable bonds is 1. The number of hydrogen-bond acceptors (Lipinski definition) is 3. The topological polar surface area (TPSA) is 41.5 Å². The van der Waals surface area contributed by atoms with E-state index in [9.17, 15) is 5.11 Å². The van der Waals surface area contributed by atoms with Gasteiger partial charge in [0, 0.05) is 6.54 Å². The molecule has 11 heavy (non-hydrogen) atoms. The molecule has 1 heterocycles. The number of quaternary nitrogens is 1. The molecular weight excluding hydrogens is 144 g/mol. The minimum atomic E-state index is -0.677. The van der Waals surface area contributed by atoms with E-state index in [-0.39, 0.29) is 6.17 Å². The summed E-state index contributed by atoms with van der Waals surface area (Å²) >= 11 is 0. The van der Waals surface area contributed by atoms with Crippen LogP contribution in [-0.4, -0.2) is 56.3 Å². The van der Waals surface area contributed by atoms with Gasteiger partial charge in [-0.1, -0.05) is 0 Å². The molecule has 4 nitrogen and oxygen atoms in total. The lowest BCUT2D eigenvalue weighted by molar-refractivity contribution is -0.908. The molecule has 1 aliphatic rings. The zero-order valence-electron chi connectivity index (χ0n) is 7.37. The molecule has 1 rings (SSSR count). The summed E-state index contributed by atoms with van der Waals surface area (Å²) in [6.45, 7) is 1.41. The molecular formula is C7H17N2O2+. The molecule has 0 bridgehead atoms. The van der Waals surface area contributed by atoms with Gasteiger partial charge in [0.2, 0.25) is 6.29 Å². The van der Waals surface area contributed by atoms with Crippen LogP contribution in [0.25, 0.3) is 0 Å². The van der Waals surface area contributed by atoms with Crippen molar-refractivity contribution in [3.8, 4) is 0 Å². The Morgan fingerprint density at radius 3 is 2.45 bits per heavy atom. The van der Waals surface area contributed by atoms with Crippen LogP contribution in [0.1, 0.15) is 0 Å². The quantitative estimate of drug-likeness (QED) is 0.483. The van der Waals surface area contributed by atoms with Crippen LogP contribution in [0.15, 0.2) is 0 Å². The number of nitrogens with zero attached hydrogens (tertiary/aromatic N) is 1. The average molecular weight is 161 g/mol. The van der Waals surface area contributed by atoms with Crippen LogP contribution in [0, 0.1) is 0 Å². The predicted molar refractivity (Wildman–Crippen MR) is 41.8 cm³/mol. The summed E-state index contributed by atoms with van der Waals surface area (Å²) in [5.41, 5.74) is 0. The lowest BCUT2D eigenvalue weighted by Gasteiger charge is -2.39. The van der Waals surface area contributed by atoms with E-state index < -0.39 is 6.29 Å². The highest BCUT2D eigenvalue weighted by atomic mass is 16.6. The SMILES string of the molecule is C[N+](C)(C)C1NCCOC1O. The van der Waals surface area contributed by atoms with Crippen molar-refractivity contribution >= 4 is 0 Å². The first kappa shape index (κ1) is 8.93. The molecule has 0 aromatic rings. The molecule has 0 amide bonds. The minimum absolute atomic E-state index is 0.0104. The Morgan fingerprint density at radius 1 is 1.45 bits per heavy atom. The molecule has 1 aliphatic heterocycles. The second-order valence-electron chi connectivity index (χ2n) is 3.78. The Bertz CT molecular complexity index is 133. The molecule has 0 aromatic heterocycles. The molecule has 0 aliphatic carbocycles. The third kappa shape index (κ3) is 2.13. The van der Waals surface area contributed by atoms with Gasteiger partial charge in [-0.15, -0.1) is 0 Å². The molecule has 1 saturated heterocycles. The summed E-state index contributed by atoms with van der Waals surface area (Å²) in [6, 6.07) is 0. The van der Waals surface area contributed by atoms with Gasteiger partial charge in [-0.25, -0.2) is 0 Å². The Morgan fingerprint density at radius 2 is 2.09 bits per heavy atom. The maximum absolute atomic E-state index is 9.40. The van der Waals surface area contributed by atoms with Gasteiger partial charge in [0.05, 0.1) is 27.7 Å². The van der Waals surface area contributed by atoms with Crippen LogP contribution >= 0.6 is 0 Å². The third-order valence-corrected chi connectivity index (χ3v) is 1.85. The molecule has 0 radical (unpaired) electrons. The van der Waals surface area contributed by atoms with Crippen molar-refractivity contribution < 1.29 is 14.3 Å². The Balaban J connectivity index is 2.55. The summed E-state index contributed by atoms with van der Waals surface area (Å²) in [6.07, 6.45) is -0.688. The van der Waals surface area contributed by atoms with Gasteiger partial charge >= 0.3 is 0 Å². The maximum Gasteiger partial charge on any atom is 0.223 e. The van der Waals surface area contributed by atoms with E-state index >= 15 is 0 Å². The first-order chi connectivity index (χ1) is 5.02. The second-order valence-corrected chi connectivity index (χ2v) is 3.78. The predicted octanol–water partition coefficient (Wildman–Crippen LogP) is -1.04. The Labute approximate surface area is 67.4 Å². The molecule has 2 unspecified atom stereocenters. The molecule has 0 saturated carbocycles. The molecule has 0 aromatic carbocycles. The van der Waals surface area contributed by atoms with Crippen LogP contribution in [0.4, 0.5) is 0 Å². The van der Waals surface area contributed by atoms with Crippen LogP contribution < -0.4 is 5.32 Å². The smallest absolute Gasteiger partial charge is 0.223 e. The van der Waals surface area contributed by atoms with Crippen molar-refractivity contribution in [3.05, 3.63) is 0 Å². The minimum Gasteiger partial charge on any atom is -0.362 e. The van der Waals surface area contributed by atoms with Gasteiger partial charge in [0.1, 0.15) is 0 Å². The molecule has 1 fully saturated rings. The maximum atomic E-state index is 9.40. The Kier molecular flexibility index (Phi) is 2.49. The van der Waals surface area contributed by atoms with Gasteiger partial charge in [-0.3, -0.25) is 5.32 Å². The van der Waals surface area contributed by atoms with Gasteiger partial charge in [0.15, 0.2) is 6.17 Å². The van der Waals surface area contributed by atoms with Crippen molar-refractivity contribution in [3.63, 3.8) is 0 Å². The highest BCUT2D eigenvalue weighted by Gasteiger charge is 2.34. The van der Waals surface area contributed by atoms with Crippen molar-refractivity contribution in [2.45, 2.75) is 12.5 Å². The van der Waals surface area contributed by atoms with Gasteiger partial charge in [0.25, 0.3) is 0 Å². The molecule has 2 atom stereocenters. The van der Waals surface area contributed by atoms with Crippen molar-refractivity contribution in [1.29, 1.82) is 0 Å². The van der Waals surface area contributed by atoms with Crippen molar-refractivity contribution in [1.82, 2.24) is 5.32 Å². The van der Waals surface area contributed by atoms with Gasteiger partial charge in [-0.2, -0.15) is 0 Å². The average Bonchev–Trinajstić information content (AvgIpc) is 1.86. The fourth-order valence-corrected chi connectivity index (χ4v) is 1.23. The van der Waals surface area contributed by atoms with E-state index in [0.717, 1.165) is 6.54 Å². The number of morpholine rings is 1. The van der Waals surface area contributed by atoms with E-state index in [1.165, 1.54) is 0 Å². The molecule has 0 spiro atoms. The number of aliphatic hydroxyl groups excluding tert-OH is 1. The standard InChI is InChI=1S/C7H17N2O2/c1-9(2,3)6-7(10)11-5-4-8-6/h6-8,10H,4-5H2,1-3H3/q+1. The summed E-state index contributed by atoms with van der Waals surface area (Å²) < 4.78 is 5.76. The fourth-order valence-electron chi connectivity index (χ4n) is 1.23. The van der Waals surface area contributed by atoms with Crippen LogP contribution in [-0.2, 0) is 4.74 Å². The van der Waals surface area contributed by atoms with Gasteiger partial charge in [-0.05, 0) is 0 Å². The third-order valence-electron chi connectivity index (χ3n) is 1.85. The monoisotopic (exact) mass is 161 g/mol. The number of nitrogens with one attached hydrogen (secondary N) is 1. The first-order valence-corrected chi connectivity index (χ1v) is 3.86. The van der Waals surface area contributed by atoms with E-state index in [1.54, 1.807) is 0 Å². The van der Waals surface area contributed by atoms with Crippen LogP contribution in [0.5, 0.6) is 0 Å². The Hall–Kier alpha value is -0.160.